The molecule has 2 aromatic rings. The van der Waals surface area contributed by atoms with E-state index < -0.39 is 36.7 Å². The summed E-state index contributed by atoms with van der Waals surface area (Å²) in [7, 11) is 0. The molecule has 1 saturated heterocycles. The first-order valence-corrected chi connectivity index (χ1v) is 7.59. The van der Waals surface area contributed by atoms with Crippen molar-refractivity contribution in [3.63, 3.8) is 0 Å². The van der Waals surface area contributed by atoms with E-state index in [1.54, 1.807) is 6.08 Å². The van der Waals surface area contributed by atoms with Gasteiger partial charge in [-0.05, 0) is 13.8 Å². The van der Waals surface area contributed by atoms with E-state index in [0.717, 1.165) is 0 Å². The summed E-state index contributed by atoms with van der Waals surface area (Å²) in [4.78, 5) is 12.7. The molecule has 1 aliphatic rings. The first-order valence-electron chi connectivity index (χ1n) is 7.59. The van der Waals surface area contributed by atoms with Crippen molar-refractivity contribution in [2.75, 3.05) is 11.9 Å². The Balaban J connectivity index is 1.99. The number of nitrogens with one attached hydrogen (secondary N) is 1. The third kappa shape index (κ3) is 2.75. The lowest BCUT2D eigenvalue weighted by Gasteiger charge is -2.22. The van der Waals surface area contributed by atoms with E-state index in [4.69, 9.17) is 4.74 Å². The number of fused-ring (bicyclic) bond motifs is 1. The van der Waals surface area contributed by atoms with Crippen molar-refractivity contribution in [1.29, 1.82) is 0 Å². The molecule has 1 fully saturated rings. The van der Waals surface area contributed by atoms with Crippen LogP contribution in [0.5, 0.6) is 0 Å². The van der Waals surface area contributed by atoms with E-state index in [1.807, 2.05) is 13.8 Å². The van der Waals surface area contributed by atoms with E-state index in [9.17, 15) is 15.3 Å². The van der Waals surface area contributed by atoms with Crippen LogP contribution >= 0.6 is 0 Å². The van der Waals surface area contributed by atoms with Gasteiger partial charge in [-0.1, -0.05) is 6.08 Å². The molecule has 0 radical (unpaired) electrons. The highest BCUT2D eigenvalue weighted by atomic mass is 16.6. The summed E-state index contributed by atoms with van der Waals surface area (Å²) in [5.74, 6) is 0.524. The molecule has 4 atom stereocenters. The molecule has 1 aliphatic heterocycles. The molecule has 2 aromatic heterocycles. The number of nitrogens with zero attached hydrogens (tertiary/aromatic N) is 4. The minimum Gasteiger partial charge on any atom is -0.394 e. The maximum atomic E-state index is 10.2. The number of aliphatic hydroxyl groups excluding tert-OH is 3. The SMILES string of the molecule is C=CC(C)(C)Nc1ncnc2c1ncn2[C@@H]1O[C@H](CO)[C@@H](O)[C@H]1O. The van der Waals surface area contributed by atoms with Crippen molar-refractivity contribution in [3.05, 3.63) is 25.3 Å². The number of aromatic nitrogens is 4. The predicted octanol–water partition coefficient (Wildman–Crippen LogP) is -0.186. The minimum absolute atomic E-state index is 0.392. The molecule has 0 unspecified atom stereocenters. The monoisotopic (exact) mass is 335 g/mol. The molecule has 0 amide bonds. The zero-order valence-electron chi connectivity index (χ0n) is 13.5. The molecule has 9 heteroatoms. The summed E-state index contributed by atoms with van der Waals surface area (Å²) in [5.41, 5.74) is 0.555. The van der Waals surface area contributed by atoms with Gasteiger partial charge < -0.3 is 25.4 Å². The molecule has 130 valence electrons. The number of anilines is 1. The molecule has 3 rings (SSSR count). The molecule has 0 spiro atoms. The Hall–Kier alpha value is -2.07. The van der Waals surface area contributed by atoms with Crippen LogP contribution in [0.25, 0.3) is 11.2 Å². The van der Waals surface area contributed by atoms with Gasteiger partial charge in [-0.25, -0.2) is 15.0 Å². The molecule has 0 bridgehead atoms. The van der Waals surface area contributed by atoms with Gasteiger partial charge in [0.2, 0.25) is 0 Å². The summed E-state index contributed by atoms with van der Waals surface area (Å²) in [6.45, 7) is 7.27. The van der Waals surface area contributed by atoms with Gasteiger partial charge in [-0.2, -0.15) is 0 Å². The number of hydrogen-bond donors (Lipinski definition) is 4. The van der Waals surface area contributed by atoms with Gasteiger partial charge in [-0.3, -0.25) is 4.57 Å². The Kier molecular flexibility index (Phi) is 4.26. The maximum Gasteiger partial charge on any atom is 0.167 e. The van der Waals surface area contributed by atoms with E-state index in [-0.39, 0.29) is 0 Å². The molecule has 0 aromatic carbocycles. The van der Waals surface area contributed by atoms with Gasteiger partial charge in [0, 0.05) is 0 Å². The summed E-state index contributed by atoms with van der Waals surface area (Å²) >= 11 is 0. The van der Waals surface area contributed by atoms with Crippen molar-refractivity contribution < 1.29 is 20.1 Å². The molecule has 0 aliphatic carbocycles. The average Bonchev–Trinajstić information content (AvgIpc) is 3.10. The van der Waals surface area contributed by atoms with Crippen molar-refractivity contribution in [3.8, 4) is 0 Å². The summed E-state index contributed by atoms with van der Waals surface area (Å²) in [5, 5.41) is 32.5. The molecule has 0 saturated carbocycles. The topological polar surface area (TPSA) is 126 Å². The Morgan fingerprint density at radius 3 is 2.71 bits per heavy atom. The van der Waals surface area contributed by atoms with Crippen LogP contribution in [0.4, 0.5) is 5.82 Å². The number of imidazole rings is 1. The van der Waals surface area contributed by atoms with Crippen molar-refractivity contribution in [2.24, 2.45) is 0 Å². The fourth-order valence-electron chi connectivity index (χ4n) is 2.60. The second-order valence-corrected chi connectivity index (χ2v) is 6.33. The highest BCUT2D eigenvalue weighted by molar-refractivity contribution is 5.83. The highest BCUT2D eigenvalue weighted by Gasteiger charge is 2.44. The van der Waals surface area contributed by atoms with Crippen LogP contribution in [0.2, 0.25) is 0 Å². The molecule has 24 heavy (non-hydrogen) atoms. The third-order valence-electron chi connectivity index (χ3n) is 4.10. The Morgan fingerprint density at radius 2 is 2.08 bits per heavy atom. The van der Waals surface area contributed by atoms with Crippen LogP contribution in [-0.2, 0) is 4.74 Å². The van der Waals surface area contributed by atoms with Crippen LogP contribution < -0.4 is 5.32 Å². The largest absolute Gasteiger partial charge is 0.394 e. The summed E-state index contributed by atoms with van der Waals surface area (Å²) in [6.07, 6.45) is 0.463. The van der Waals surface area contributed by atoms with Gasteiger partial charge >= 0.3 is 0 Å². The lowest BCUT2D eigenvalue weighted by Crippen LogP contribution is -2.33. The van der Waals surface area contributed by atoms with Crippen LogP contribution in [0, 0.1) is 0 Å². The predicted molar refractivity (Wildman–Crippen MR) is 86.2 cm³/mol. The van der Waals surface area contributed by atoms with Crippen LogP contribution in [0.1, 0.15) is 20.1 Å². The van der Waals surface area contributed by atoms with Gasteiger partial charge in [-0.15, -0.1) is 6.58 Å². The van der Waals surface area contributed by atoms with E-state index in [2.05, 4.69) is 26.8 Å². The third-order valence-corrected chi connectivity index (χ3v) is 4.10. The van der Waals surface area contributed by atoms with Crippen LogP contribution in [0.15, 0.2) is 25.3 Å². The number of hydrogen-bond acceptors (Lipinski definition) is 8. The average molecular weight is 335 g/mol. The molecular formula is C15H21N5O4. The van der Waals surface area contributed by atoms with Gasteiger partial charge in [0.25, 0.3) is 0 Å². The van der Waals surface area contributed by atoms with Crippen molar-refractivity contribution >= 4 is 17.0 Å². The lowest BCUT2D eigenvalue weighted by atomic mass is 10.1. The normalized spacial score (nSPS) is 27.5. The van der Waals surface area contributed by atoms with Crippen molar-refractivity contribution in [1.82, 2.24) is 19.5 Å². The first kappa shape index (κ1) is 16.8. The molecule has 4 N–H and O–H groups in total. The second-order valence-electron chi connectivity index (χ2n) is 6.33. The smallest absolute Gasteiger partial charge is 0.167 e. The van der Waals surface area contributed by atoms with E-state index in [0.29, 0.717) is 17.0 Å². The Labute approximate surface area is 138 Å². The van der Waals surface area contributed by atoms with Gasteiger partial charge in [0.1, 0.15) is 24.6 Å². The quantitative estimate of drug-likeness (QED) is 0.554. The minimum atomic E-state index is -1.20. The van der Waals surface area contributed by atoms with E-state index in [1.165, 1.54) is 17.2 Å². The highest BCUT2D eigenvalue weighted by Crippen LogP contribution is 2.32. The second kappa shape index (κ2) is 6.10. The maximum absolute atomic E-state index is 10.2. The van der Waals surface area contributed by atoms with Crippen LogP contribution in [0.3, 0.4) is 0 Å². The Morgan fingerprint density at radius 1 is 1.33 bits per heavy atom. The molecule has 9 nitrogen and oxygen atoms in total. The fourth-order valence-corrected chi connectivity index (χ4v) is 2.60. The molecular weight excluding hydrogens is 314 g/mol. The molecule has 3 heterocycles. The standard InChI is InChI=1S/C15H21N5O4/c1-4-15(2,3)19-12-9-13(17-6-16-12)20(7-18-9)14-11(23)10(22)8(5-21)24-14/h4,6-8,10-11,14,21-23H,1,5H2,2-3H3,(H,16,17,19)/t8-,10-,11-,14-/m1/s1. The van der Waals surface area contributed by atoms with Gasteiger partial charge in [0.05, 0.1) is 18.5 Å². The van der Waals surface area contributed by atoms with Crippen molar-refractivity contribution in [2.45, 2.75) is 43.9 Å². The number of aliphatic hydroxyl groups is 3. The lowest BCUT2D eigenvalue weighted by molar-refractivity contribution is -0.0511. The summed E-state index contributed by atoms with van der Waals surface area (Å²) in [6, 6.07) is 0. The first-order chi connectivity index (χ1) is 11.4. The van der Waals surface area contributed by atoms with E-state index >= 15 is 0 Å². The zero-order valence-corrected chi connectivity index (χ0v) is 13.5. The van der Waals surface area contributed by atoms with Gasteiger partial charge in [0.15, 0.2) is 23.2 Å². The summed E-state index contributed by atoms with van der Waals surface area (Å²) < 4.78 is 7.05. The zero-order chi connectivity index (χ0) is 17.5. The Bertz CT molecular complexity index is 747. The number of rotatable bonds is 5. The fraction of sp³-hybridized carbons (Fsp3) is 0.533. The van der Waals surface area contributed by atoms with Crippen LogP contribution in [-0.4, -0.2) is 65.3 Å². The number of ether oxygens (including phenoxy) is 1.